The van der Waals surface area contributed by atoms with Crippen molar-refractivity contribution in [2.24, 2.45) is 0 Å². The van der Waals surface area contributed by atoms with Crippen LogP contribution >= 0.6 is 12.0 Å². The Morgan fingerprint density at radius 2 is 1.69 bits per heavy atom. The fraction of sp³-hybridized carbons (Fsp3) is 0.324. The Bertz CT molecular complexity index is 2320. The van der Waals surface area contributed by atoms with Crippen molar-refractivity contribution in [1.29, 1.82) is 0 Å². The number of ether oxygens (including phenoxy) is 1. The van der Waals surface area contributed by atoms with Gasteiger partial charge in [0.05, 0.1) is 34.6 Å². The molecule has 0 amide bonds. The molecule has 4 aromatic carbocycles. The van der Waals surface area contributed by atoms with Gasteiger partial charge < -0.3 is 14.2 Å². The second-order valence-corrected chi connectivity index (χ2v) is 16.5. The highest BCUT2D eigenvalue weighted by atomic mass is 32.2. The average Bonchev–Trinajstić information content (AvgIpc) is 3.45. The molecule has 0 aliphatic carbocycles. The standard InChI is InChI=1S/C37H34N2O7S2/c1-36(2)32-24-9-7-22(47-46-45-40)17-20(24)5-11-28(32)38-15-13-30-26(34(36)38)19-27-31(44-30)14-16-39-29-12-6-21-18-23(48(41,42)43)8-10-25(21)33(29)37(3,4)35(27)39/h5-12,17-19,30-31H,13-16H2,1-4H3,(H-,40,41,42,43). The fourth-order valence-corrected chi connectivity index (χ4v) is 10.3. The van der Waals surface area contributed by atoms with E-state index in [1.54, 1.807) is 6.07 Å². The number of hydrogen-bond acceptors (Lipinski definition) is 9. The van der Waals surface area contributed by atoms with Crippen LogP contribution in [0.2, 0.25) is 0 Å². The highest BCUT2D eigenvalue weighted by molar-refractivity contribution is 7.94. The van der Waals surface area contributed by atoms with Crippen molar-refractivity contribution in [3.8, 4) is 0 Å². The Morgan fingerprint density at radius 1 is 0.938 bits per heavy atom. The number of fused-ring (bicyclic) bond motifs is 12. The molecule has 0 spiro atoms. The Morgan fingerprint density at radius 3 is 2.48 bits per heavy atom. The van der Waals surface area contributed by atoms with Crippen molar-refractivity contribution in [2.75, 3.05) is 18.0 Å². The summed E-state index contributed by atoms with van der Waals surface area (Å²) in [6.45, 7) is 10.8. The highest BCUT2D eigenvalue weighted by Crippen LogP contribution is 2.56. The number of nitrogens with zero attached hydrogens (tertiary/aromatic N) is 2. The first-order valence-electron chi connectivity index (χ1n) is 16.2. The second kappa shape index (κ2) is 10.2. The van der Waals surface area contributed by atoms with Crippen molar-refractivity contribution in [3.05, 3.63) is 94.7 Å². The molecule has 1 N–H and O–H groups in total. The summed E-state index contributed by atoms with van der Waals surface area (Å²) < 4.78 is 49.6. The third kappa shape index (κ3) is 4.16. The minimum atomic E-state index is -4.56. The molecule has 0 fully saturated rings. The molecule has 5 aliphatic heterocycles. The number of benzene rings is 4. The molecule has 0 saturated carbocycles. The maximum Gasteiger partial charge on any atom is 0.210 e. The van der Waals surface area contributed by atoms with Gasteiger partial charge >= 0.3 is 0 Å². The largest absolute Gasteiger partial charge is 0.744 e. The van der Waals surface area contributed by atoms with Crippen LogP contribution in [0.1, 0.15) is 51.7 Å². The van der Waals surface area contributed by atoms with E-state index in [9.17, 15) is 13.0 Å². The van der Waals surface area contributed by atoms with Gasteiger partial charge in [-0.3, -0.25) is 0 Å². The zero-order valence-corrected chi connectivity index (χ0v) is 28.6. The zero-order valence-electron chi connectivity index (χ0n) is 26.9. The van der Waals surface area contributed by atoms with Gasteiger partial charge in [-0.05, 0) is 89.9 Å². The van der Waals surface area contributed by atoms with E-state index in [0.29, 0.717) is 0 Å². The van der Waals surface area contributed by atoms with Crippen LogP contribution < -0.4 is 4.90 Å². The Labute approximate surface area is 282 Å². The van der Waals surface area contributed by atoms with Crippen molar-refractivity contribution in [3.63, 3.8) is 0 Å². The third-order valence-electron chi connectivity index (χ3n) is 11.1. The maximum atomic E-state index is 11.8. The molecule has 0 aromatic heterocycles. The third-order valence-corrected chi connectivity index (χ3v) is 12.5. The summed E-state index contributed by atoms with van der Waals surface area (Å²) in [6, 6.07) is 19.2. The molecule has 5 aliphatic rings. The van der Waals surface area contributed by atoms with Gasteiger partial charge in [0.15, 0.2) is 12.3 Å². The van der Waals surface area contributed by atoms with E-state index in [4.69, 9.17) is 9.99 Å². The van der Waals surface area contributed by atoms with Gasteiger partial charge in [-0.15, -0.1) is 4.33 Å². The first-order chi connectivity index (χ1) is 22.9. The predicted molar refractivity (Wildman–Crippen MR) is 183 cm³/mol. The lowest BCUT2D eigenvalue weighted by Crippen LogP contribution is -2.47. The first kappa shape index (κ1) is 30.5. The SMILES string of the molecule is CC1(C)C2=C3C=C4C5=[N+](CCC4OC3CCN2c2ccc3cc(SOOO)ccc3c21)c1ccc2cc(S(=O)(=O)[O-])ccc2c1C5(C)C. The number of anilines is 1. The summed E-state index contributed by atoms with van der Waals surface area (Å²) in [5.41, 5.74) is 9.05. The summed E-state index contributed by atoms with van der Waals surface area (Å²) in [7, 11) is -4.56. The minimum absolute atomic E-state index is 0.0100. The van der Waals surface area contributed by atoms with Crippen molar-refractivity contribution < 1.29 is 36.9 Å². The van der Waals surface area contributed by atoms with Gasteiger partial charge in [-0.1, -0.05) is 37.1 Å². The molecule has 4 aromatic rings. The molecule has 0 saturated heterocycles. The highest BCUT2D eigenvalue weighted by Gasteiger charge is 2.55. The van der Waals surface area contributed by atoms with Crippen LogP contribution in [-0.2, 0) is 35.1 Å². The van der Waals surface area contributed by atoms with Gasteiger partial charge in [0.25, 0.3) is 0 Å². The van der Waals surface area contributed by atoms with Crippen molar-refractivity contribution >= 4 is 60.8 Å². The monoisotopic (exact) mass is 682 g/mol. The van der Waals surface area contributed by atoms with Crippen LogP contribution in [0.25, 0.3) is 21.5 Å². The predicted octanol–water partition coefficient (Wildman–Crippen LogP) is 7.25. The maximum absolute atomic E-state index is 11.8. The minimum Gasteiger partial charge on any atom is -0.744 e. The van der Waals surface area contributed by atoms with Crippen molar-refractivity contribution in [2.45, 2.75) is 73.4 Å². The van der Waals surface area contributed by atoms with Crippen LogP contribution in [0.3, 0.4) is 0 Å². The molecular formula is C37H34N2O7S2. The van der Waals surface area contributed by atoms with E-state index in [2.05, 4.69) is 76.9 Å². The topological polar surface area (TPSA) is 111 Å². The Kier molecular flexibility index (Phi) is 6.51. The summed E-state index contributed by atoms with van der Waals surface area (Å²) >= 11 is 0.960. The van der Waals surface area contributed by atoms with Gasteiger partial charge in [-0.25, -0.2) is 13.7 Å². The molecule has 2 atom stereocenters. The van der Waals surface area contributed by atoms with Gasteiger partial charge in [0.1, 0.15) is 10.1 Å². The molecule has 5 heterocycles. The molecule has 48 heavy (non-hydrogen) atoms. The lowest BCUT2D eigenvalue weighted by Gasteiger charge is -2.42. The summed E-state index contributed by atoms with van der Waals surface area (Å²) in [4.78, 5) is 3.10. The average molecular weight is 683 g/mol. The van der Waals surface area contributed by atoms with E-state index in [-0.39, 0.29) is 22.5 Å². The molecule has 11 heteroatoms. The molecule has 9 rings (SSSR count). The van der Waals surface area contributed by atoms with Crippen LogP contribution in [-0.4, -0.2) is 53.8 Å². The molecule has 246 valence electrons. The van der Waals surface area contributed by atoms with E-state index >= 15 is 0 Å². The van der Waals surface area contributed by atoms with Crippen LogP contribution in [0, 0.1) is 0 Å². The lowest BCUT2D eigenvalue weighted by atomic mass is 9.73. The first-order valence-corrected chi connectivity index (χ1v) is 18.3. The van der Waals surface area contributed by atoms with E-state index in [0.717, 1.165) is 70.3 Å². The quantitative estimate of drug-likeness (QED) is 0.0782. The van der Waals surface area contributed by atoms with E-state index in [1.165, 1.54) is 51.3 Å². The van der Waals surface area contributed by atoms with Gasteiger partial charge in [0, 0.05) is 57.4 Å². The van der Waals surface area contributed by atoms with Crippen LogP contribution in [0.15, 0.2) is 93.4 Å². The molecule has 0 bridgehead atoms. The van der Waals surface area contributed by atoms with E-state index in [1.807, 2.05) is 18.2 Å². The molecule has 2 unspecified atom stereocenters. The molecule has 0 radical (unpaired) electrons. The summed E-state index contributed by atoms with van der Waals surface area (Å²) in [6.07, 6.45) is 4.20. The number of allylic oxidation sites excluding steroid dienone is 1. The molecule has 9 nitrogen and oxygen atoms in total. The smallest absolute Gasteiger partial charge is 0.210 e. The number of rotatable bonds is 4. The molecular weight excluding hydrogens is 649 g/mol. The lowest BCUT2D eigenvalue weighted by molar-refractivity contribution is -0.445. The van der Waals surface area contributed by atoms with Crippen LogP contribution in [0.5, 0.6) is 0 Å². The Balaban J connectivity index is 1.19. The van der Waals surface area contributed by atoms with Crippen molar-refractivity contribution in [1.82, 2.24) is 0 Å². The summed E-state index contributed by atoms with van der Waals surface area (Å²) in [5.74, 6) is 0. The zero-order chi connectivity index (χ0) is 33.3. The van der Waals surface area contributed by atoms with Gasteiger partial charge in [0.2, 0.25) is 5.69 Å². The van der Waals surface area contributed by atoms with Crippen LogP contribution in [0.4, 0.5) is 11.4 Å². The number of hydrogen-bond donors (Lipinski definition) is 1. The normalized spacial score (nSPS) is 23.5. The fourth-order valence-electron chi connectivity index (χ4n) is 9.35. The second-order valence-electron chi connectivity index (χ2n) is 14.4. The summed E-state index contributed by atoms with van der Waals surface area (Å²) in [5, 5.41) is 16.4. The Hall–Kier alpha value is -3.55. The van der Waals surface area contributed by atoms with Gasteiger partial charge in [-0.2, -0.15) is 4.58 Å². The van der Waals surface area contributed by atoms with E-state index < -0.39 is 15.5 Å².